The third-order valence-corrected chi connectivity index (χ3v) is 8.92. The van der Waals surface area contributed by atoms with E-state index in [0.29, 0.717) is 24.2 Å². The van der Waals surface area contributed by atoms with Crippen molar-refractivity contribution in [2.45, 2.75) is 101 Å². The molecule has 7 atom stereocenters. The molecular weight excluding hydrogens is 755 g/mol. The number of nitrogens with two attached hydrogens (primary N) is 4. The SMILES string of the molecule is CSCC[C@H](N)C(=O)NC(C(=O)N[C@@H](CC(=O)O)C(=O)N[C@@H](CCCCN)C(=O)NC(Cc1ccc(O)cc1)C(=O)N[C@@H](CCCNC(=N)N)C(N)=O)[C@@H](C)O. The number of unbranched alkanes of at least 4 members (excludes halogenated alkanes) is 1. The fourth-order valence-electron chi connectivity index (χ4n) is 5.16. The van der Waals surface area contributed by atoms with Crippen LogP contribution >= 0.6 is 11.8 Å². The number of benzene rings is 1. The smallest absolute Gasteiger partial charge is 0.305 e. The highest BCUT2D eigenvalue weighted by Crippen LogP contribution is 2.13. The van der Waals surface area contributed by atoms with Gasteiger partial charge in [-0.15, -0.1) is 0 Å². The Kier molecular flexibility index (Phi) is 22.5. The van der Waals surface area contributed by atoms with E-state index < -0.39 is 90.2 Å². The minimum atomic E-state index is -1.79. The topological polar surface area (TPSA) is 380 Å². The Balaban J connectivity index is 3.35. The van der Waals surface area contributed by atoms with Crippen molar-refractivity contribution in [2.24, 2.45) is 22.9 Å². The minimum Gasteiger partial charge on any atom is -0.508 e. The van der Waals surface area contributed by atoms with Gasteiger partial charge in [0.1, 0.15) is 36.0 Å². The van der Waals surface area contributed by atoms with E-state index in [1.165, 1.54) is 43.0 Å². The Bertz CT molecular complexity index is 1480. The number of carboxylic acids is 1. The summed E-state index contributed by atoms with van der Waals surface area (Å²) in [6.45, 7) is 1.64. The number of aliphatic hydroxyl groups is 1. The number of rotatable bonds is 27. The number of carboxylic acid groups (broad SMARTS) is 1. The molecule has 0 aromatic heterocycles. The number of aliphatic hydroxyl groups excluding tert-OH is 1. The lowest BCUT2D eigenvalue weighted by molar-refractivity contribution is -0.142. The number of phenolic OH excluding ortho intramolecular Hbond substituents is 1. The number of amides is 6. The largest absolute Gasteiger partial charge is 0.508 e. The fourth-order valence-corrected chi connectivity index (χ4v) is 5.65. The first kappa shape index (κ1) is 48.8. The number of carbonyl (C=O) groups excluding carboxylic acids is 6. The third kappa shape index (κ3) is 18.9. The molecule has 0 radical (unpaired) electrons. The number of carbonyl (C=O) groups is 7. The lowest BCUT2D eigenvalue weighted by Crippen LogP contribution is -2.61. The number of hydrogen-bond donors (Lipinski definition) is 14. The lowest BCUT2D eigenvalue weighted by Gasteiger charge is -2.27. The summed E-state index contributed by atoms with van der Waals surface area (Å²) < 4.78 is 0. The molecule has 0 aliphatic heterocycles. The van der Waals surface area contributed by atoms with Crippen LogP contribution in [0.5, 0.6) is 5.75 Å². The maximum atomic E-state index is 13.8. The monoisotopic (exact) mass is 811 g/mol. The molecule has 0 fully saturated rings. The quantitative estimate of drug-likeness (QED) is 0.0230. The predicted octanol–water partition coefficient (Wildman–Crippen LogP) is -3.83. The van der Waals surface area contributed by atoms with Crippen molar-refractivity contribution in [1.82, 2.24) is 31.9 Å². The van der Waals surface area contributed by atoms with Crippen molar-refractivity contribution in [3.05, 3.63) is 29.8 Å². The highest BCUT2D eigenvalue weighted by atomic mass is 32.2. The first-order valence-electron chi connectivity index (χ1n) is 17.9. The van der Waals surface area contributed by atoms with Gasteiger partial charge >= 0.3 is 5.97 Å². The second kappa shape index (κ2) is 25.8. The van der Waals surface area contributed by atoms with E-state index in [-0.39, 0.29) is 56.9 Å². The predicted molar refractivity (Wildman–Crippen MR) is 208 cm³/mol. The van der Waals surface area contributed by atoms with Crippen molar-refractivity contribution < 1.29 is 48.9 Å². The first-order valence-corrected chi connectivity index (χ1v) is 19.3. The molecule has 0 aliphatic rings. The van der Waals surface area contributed by atoms with E-state index in [2.05, 4.69) is 31.9 Å². The van der Waals surface area contributed by atoms with Gasteiger partial charge < -0.3 is 70.2 Å². The van der Waals surface area contributed by atoms with Gasteiger partial charge in [-0.05, 0) is 81.7 Å². The van der Waals surface area contributed by atoms with Gasteiger partial charge in [-0.2, -0.15) is 11.8 Å². The summed E-state index contributed by atoms with van der Waals surface area (Å²) in [6, 6.07) is -2.66. The second-order valence-electron chi connectivity index (χ2n) is 13.0. The molecule has 18 N–H and O–H groups in total. The van der Waals surface area contributed by atoms with Crippen LogP contribution < -0.4 is 54.8 Å². The van der Waals surface area contributed by atoms with Crippen LogP contribution in [0.25, 0.3) is 0 Å². The minimum absolute atomic E-state index is 0.0383. The molecule has 6 amide bonds. The Hall–Kier alpha value is -5.19. The Morgan fingerprint density at radius 3 is 1.88 bits per heavy atom. The van der Waals surface area contributed by atoms with Crippen molar-refractivity contribution in [3.63, 3.8) is 0 Å². The molecule has 1 aromatic carbocycles. The molecule has 0 aliphatic carbocycles. The van der Waals surface area contributed by atoms with E-state index >= 15 is 0 Å². The zero-order chi connectivity index (χ0) is 42.4. The van der Waals surface area contributed by atoms with E-state index in [1.807, 2.05) is 6.26 Å². The van der Waals surface area contributed by atoms with Crippen LogP contribution in [0.15, 0.2) is 24.3 Å². The van der Waals surface area contributed by atoms with Gasteiger partial charge in [0, 0.05) is 13.0 Å². The molecule has 0 heterocycles. The summed E-state index contributed by atoms with van der Waals surface area (Å²) in [5.74, 6) is -6.84. The maximum absolute atomic E-state index is 13.8. The number of nitrogens with one attached hydrogen (secondary N) is 7. The molecule has 1 rings (SSSR count). The number of thioether (sulfide) groups is 1. The molecule has 0 saturated carbocycles. The lowest BCUT2D eigenvalue weighted by atomic mass is 10.0. The van der Waals surface area contributed by atoms with E-state index in [4.69, 9.17) is 28.3 Å². The highest BCUT2D eigenvalue weighted by Gasteiger charge is 2.34. The number of hydrogen-bond acceptors (Lipinski definition) is 13. The van der Waals surface area contributed by atoms with E-state index in [1.54, 1.807) is 0 Å². The molecule has 2 unspecified atom stereocenters. The fraction of sp³-hybridized carbons (Fsp3) is 0.588. The Morgan fingerprint density at radius 2 is 1.32 bits per heavy atom. The van der Waals surface area contributed by atoms with Crippen molar-refractivity contribution in [2.75, 3.05) is 25.1 Å². The van der Waals surface area contributed by atoms with Gasteiger partial charge in [-0.25, -0.2) is 0 Å². The summed E-state index contributed by atoms with van der Waals surface area (Å²) in [4.78, 5) is 90.9. The third-order valence-electron chi connectivity index (χ3n) is 8.28. The molecule has 21 nitrogen and oxygen atoms in total. The van der Waals surface area contributed by atoms with Crippen LogP contribution in [0, 0.1) is 5.41 Å². The summed E-state index contributed by atoms with van der Waals surface area (Å²) in [5, 5.41) is 51.5. The molecular formula is C34H57N11O10S. The van der Waals surface area contributed by atoms with Crippen molar-refractivity contribution in [3.8, 4) is 5.75 Å². The summed E-state index contributed by atoms with van der Waals surface area (Å²) in [5.41, 5.74) is 22.8. The van der Waals surface area contributed by atoms with Gasteiger partial charge in [0.15, 0.2) is 5.96 Å². The number of guanidine groups is 1. The van der Waals surface area contributed by atoms with E-state index in [9.17, 15) is 48.9 Å². The second-order valence-corrected chi connectivity index (χ2v) is 14.0. The molecule has 56 heavy (non-hydrogen) atoms. The van der Waals surface area contributed by atoms with Gasteiger partial charge in [0.05, 0.1) is 18.6 Å². The highest BCUT2D eigenvalue weighted by molar-refractivity contribution is 7.98. The van der Waals surface area contributed by atoms with Crippen LogP contribution in [0.3, 0.4) is 0 Å². The zero-order valence-corrected chi connectivity index (χ0v) is 32.4. The number of aliphatic carboxylic acids is 1. The van der Waals surface area contributed by atoms with Gasteiger partial charge in [-0.3, -0.25) is 39.0 Å². The molecule has 22 heteroatoms. The Morgan fingerprint density at radius 1 is 0.768 bits per heavy atom. The Labute approximate surface area is 329 Å². The van der Waals surface area contributed by atoms with Crippen LogP contribution in [0.2, 0.25) is 0 Å². The normalized spacial score (nSPS) is 14.7. The summed E-state index contributed by atoms with van der Waals surface area (Å²) >= 11 is 1.44. The number of primary amides is 1. The molecule has 0 saturated heterocycles. The van der Waals surface area contributed by atoms with Crippen LogP contribution in [0.4, 0.5) is 0 Å². The average Bonchev–Trinajstić information content (AvgIpc) is 3.12. The van der Waals surface area contributed by atoms with Gasteiger partial charge in [0.25, 0.3) is 0 Å². The van der Waals surface area contributed by atoms with Crippen LogP contribution in [-0.4, -0.2) is 130 Å². The molecule has 0 bridgehead atoms. The molecule has 1 aromatic rings. The van der Waals surface area contributed by atoms with E-state index in [0.717, 1.165) is 0 Å². The maximum Gasteiger partial charge on any atom is 0.305 e. The average molecular weight is 812 g/mol. The van der Waals surface area contributed by atoms with Gasteiger partial charge in [0.2, 0.25) is 35.4 Å². The van der Waals surface area contributed by atoms with Gasteiger partial charge in [-0.1, -0.05) is 12.1 Å². The van der Waals surface area contributed by atoms with Crippen LogP contribution in [-0.2, 0) is 40.0 Å². The molecule has 314 valence electrons. The van der Waals surface area contributed by atoms with Crippen LogP contribution in [0.1, 0.15) is 57.4 Å². The standard InChI is InChI=1S/C34H57N11O10S/c1-18(46)27(45-29(51)21(36)12-15-56-2)33(55)44-25(17-26(48)49)32(54)42-23(6-3-4-13-35)30(52)43-24(16-19-8-10-20(47)11-9-19)31(53)41-22(28(37)50)7-5-14-40-34(38)39/h8-11,18,21-25,27,46-47H,3-7,12-17,35-36H2,1-2H3,(H2,37,50)(H,41,53)(H,42,54)(H,43,52)(H,44,55)(H,45,51)(H,48,49)(H4,38,39,40)/t18-,21+,22+,23+,24?,25+,27?/m1/s1. The number of phenols is 1. The summed E-state index contributed by atoms with van der Waals surface area (Å²) in [6.07, 6.45) is 0.497. The summed E-state index contributed by atoms with van der Waals surface area (Å²) in [7, 11) is 0. The van der Waals surface area contributed by atoms with Crippen molar-refractivity contribution >= 4 is 59.1 Å². The van der Waals surface area contributed by atoms with Crippen molar-refractivity contribution in [1.29, 1.82) is 5.41 Å². The molecule has 0 spiro atoms. The zero-order valence-electron chi connectivity index (χ0n) is 31.5. The number of aromatic hydroxyl groups is 1. The first-order chi connectivity index (χ1) is 26.4.